The van der Waals surface area contributed by atoms with Crippen molar-refractivity contribution in [2.45, 2.75) is 31.2 Å². The Morgan fingerprint density at radius 2 is 2.00 bits per heavy atom. The molecule has 0 bridgehead atoms. The number of aliphatic hydroxyl groups excluding tert-OH is 1. The summed E-state index contributed by atoms with van der Waals surface area (Å²) in [6, 6.07) is 1.59. The normalized spacial score (nSPS) is 22.3. The topological polar surface area (TPSA) is 55.1 Å². The van der Waals surface area contributed by atoms with Crippen molar-refractivity contribution in [1.29, 1.82) is 0 Å². The average Bonchev–Trinajstić information content (AvgIpc) is 2.34. The first-order valence-electron chi connectivity index (χ1n) is 6.23. The van der Waals surface area contributed by atoms with Crippen LogP contribution in [0.1, 0.15) is 24.4 Å². The highest BCUT2D eigenvalue weighted by Gasteiger charge is 2.37. The Labute approximate surface area is 125 Å². The van der Waals surface area contributed by atoms with Crippen LogP contribution in [0.5, 0.6) is 0 Å². The molecule has 1 fully saturated rings. The van der Waals surface area contributed by atoms with Gasteiger partial charge in [-0.05, 0) is 34.8 Å². The van der Waals surface area contributed by atoms with Crippen LogP contribution in [-0.4, -0.2) is 20.8 Å². The zero-order chi connectivity index (χ0) is 15.4. The third kappa shape index (κ3) is 2.46. The second-order valence-corrected chi connectivity index (χ2v) is 5.98. The largest absolute Gasteiger partial charge is 0.417 e. The van der Waals surface area contributed by atoms with E-state index < -0.39 is 23.4 Å². The van der Waals surface area contributed by atoms with E-state index in [-0.39, 0.29) is 17.1 Å². The lowest BCUT2D eigenvalue weighted by atomic mass is 9.89. The number of pyridine rings is 2. The molecule has 1 N–H and O–H groups in total. The van der Waals surface area contributed by atoms with Gasteiger partial charge >= 0.3 is 6.18 Å². The summed E-state index contributed by atoms with van der Waals surface area (Å²) in [6.07, 6.45) is -3.10. The summed E-state index contributed by atoms with van der Waals surface area (Å²) >= 11 is 3.10. The van der Waals surface area contributed by atoms with Crippen LogP contribution in [0, 0.1) is 0 Å². The number of hydrogen-bond donors (Lipinski definition) is 1. The number of alkyl halides is 3. The summed E-state index contributed by atoms with van der Waals surface area (Å²) in [4.78, 5) is 16.0. The highest BCUT2D eigenvalue weighted by molar-refractivity contribution is 9.10. The molecule has 21 heavy (non-hydrogen) atoms. The second-order valence-electron chi connectivity index (χ2n) is 5.07. The summed E-state index contributed by atoms with van der Waals surface area (Å²) in [5, 5.41) is 9.22. The third-order valence-electron chi connectivity index (χ3n) is 3.62. The number of aromatic nitrogens is 2. The zero-order valence-electron chi connectivity index (χ0n) is 10.6. The van der Waals surface area contributed by atoms with Gasteiger partial charge in [-0.3, -0.25) is 9.36 Å². The second kappa shape index (κ2) is 4.81. The van der Waals surface area contributed by atoms with E-state index >= 15 is 0 Å². The van der Waals surface area contributed by atoms with Crippen LogP contribution < -0.4 is 5.56 Å². The molecule has 0 amide bonds. The van der Waals surface area contributed by atoms with Crippen molar-refractivity contribution in [2.75, 3.05) is 0 Å². The van der Waals surface area contributed by atoms with Crippen molar-refractivity contribution < 1.29 is 18.3 Å². The number of nitrogens with zero attached hydrogens (tertiary/aromatic N) is 2. The molecule has 2 heterocycles. The van der Waals surface area contributed by atoms with Crippen molar-refractivity contribution in [1.82, 2.24) is 9.55 Å². The van der Waals surface area contributed by atoms with Crippen molar-refractivity contribution in [3.8, 4) is 0 Å². The van der Waals surface area contributed by atoms with Crippen LogP contribution in [0.2, 0.25) is 0 Å². The van der Waals surface area contributed by atoms with E-state index in [2.05, 4.69) is 20.9 Å². The van der Waals surface area contributed by atoms with Gasteiger partial charge in [0.1, 0.15) is 5.65 Å². The number of halogens is 4. The fraction of sp³-hybridized carbons (Fsp3) is 0.385. The summed E-state index contributed by atoms with van der Waals surface area (Å²) in [5.41, 5.74) is -1.75. The molecule has 0 aliphatic heterocycles. The minimum absolute atomic E-state index is 0.00470. The maximum Gasteiger partial charge on any atom is 0.417 e. The standard InChI is InChI=1S/C13H10BrF3N2O2/c14-6-1-9-10(13(15,16)17)4-11(21)19(12(9)18-5-6)7-2-8(20)3-7/h1,4-5,7-8,20H,2-3H2/t7-,8+. The van der Waals surface area contributed by atoms with Crippen molar-refractivity contribution in [2.24, 2.45) is 0 Å². The molecule has 4 nitrogen and oxygen atoms in total. The number of fused-ring (bicyclic) bond motifs is 1. The van der Waals surface area contributed by atoms with Gasteiger partial charge in [0.2, 0.25) is 0 Å². The lowest BCUT2D eigenvalue weighted by Gasteiger charge is -2.33. The van der Waals surface area contributed by atoms with E-state index in [1.807, 2.05) is 0 Å². The van der Waals surface area contributed by atoms with Gasteiger partial charge < -0.3 is 5.11 Å². The highest BCUT2D eigenvalue weighted by atomic mass is 79.9. The molecule has 0 radical (unpaired) electrons. The summed E-state index contributed by atoms with van der Waals surface area (Å²) in [5.74, 6) is 0. The maximum atomic E-state index is 13.1. The Kier molecular flexibility index (Phi) is 3.32. The zero-order valence-corrected chi connectivity index (χ0v) is 12.1. The summed E-state index contributed by atoms with van der Waals surface area (Å²) in [7, 11) is 0. The minimum Gasteiger partial charge on any atom is -0.393 e. The summed E-state index contributed by atoms with van der Waals surface area (Å²) in [6.45, 7) is 0. The van der Waals surface area contributed by atoms with Crippen LogP contribution in [0.3, 0.4) is 0 Å². The number of aliphatic hydroxyl groups is 1. The Bertz CT molecular complexity index is 766. The molecule has 1 aliphatic carbocycles. The van der Waals surface area contributed by atoms with E-state index in [1.165, 1.54) is 16.8 Å². The molecule has 8 heteroatoms. The lowest BCUT2D eigenvalue weighted by molar-refractivity contribution is -0.136. The smallest absolute Gasteiger partial charge is 0.393 e. The first kappa shape index (κ1) is 14.5. The van der Waals surface area contributed by atoms with E-state index in [1.54, 1.807) is 0 Å². The predicted molar refractivity (Wildman–Crippen MR) is 73.0 cm³/mol. The van der Waals surface area contributed by atoms with Gasteiger partial charge in [0.15, 0.2) is 0 Å². The molecule has 0 spiro atoms. The molecule has 2 aromatic rings. The molecule has 0 aromatic carbocycles. The predicted octanol–water partition coefficient (Wildman–Crippen LogP) is 2.87. The molecule has 1 aliphatic rings. The molecule has 112 valence electrons. The molecule has 0 unspecified atom stereocenters. The van der Waals surface area contributed by atoms with Crippen LogP contribution in [0.4, 0.5) is 13.2 Å². The van der Waals surface area contributed by atoms with Gasteiger partial charge in [0.25, 0.3) is 5.56 Å². The van der Waals surface area contributed by atoms with E-state index in [9.17, 15) is 23.1 Å². The summed E-state index contributed by atoms with van der Waals surface area (Å²) < 4.78 is 40.9. The van der Waals surface area contributed by atoms with E-state index in [0.29, 0.717) is 23.4 Å². The van der Waals surface area contributed by atoms with Gasteiger partial charge in [-0.1, -0.05) is 0 Å². The molecule has 0 atom stereocenters. The first-order valence-corrected chi connectivity index (χ1v) is 7.02. The SMILES string of the molecule is O=c1cc(C(F)(F)F)c2cc(Br)cnc2n1[C@H]1C[C@@H](O)C1. The maximum absolute atomic E-state index is 13.1. The van der Waals surface area contributed by atoms with Gasteiger partial charge in [0.05, 0.1) is 11.7 Å². The Morgan fingerprint density at radius 3 is 2.57 bits per heavy atom. The number of rotatable bonds is 1. The van der Waals surface area contributed by atoms with Crippen LogP contribution >= 0.6 is 15.9 Å². The molecule has 2 aromatic heterocycles. The van der Waals surface area contributed by atoms with Gasteiger partial charge in [-0.25, -0.2) is 4.98 Å². The highest BCUT2D eigenvalue weighted by Crippen LogP contribution is 2.37. The third-order valence-corrected chi connectivity index (χ3v) is 4.05. The van der Waals surface area contributed by atoms with Crippen LogP contribution in [-0.2, 0) is 6.18 Å². The minimum atomic E-state index is -4.63. The molecular formula is C13H10BrF3N2O2. The Hall–Kier alpha value is -1.41. The first-order chi connectivity index (χ1) is 9.77. The fourth-order valence-electron chi connectivity index (χ4n) is 2.55. The van der Waals surface area contributed by atoms with E-state index in [4.69, 9.17) is 0 Å². The van der Waals surface area contributed by atoms with Gasteiger partial charge in [-0.2, -0.15) is 13.2 Å². The van der Waals surface area contributed by atoms with Gasteiger partial charge in [0, 0.05) is 28.2 Å². The van der Waals surface area contributed by atoms with Crippen molar-refractivity contribution >= 4 is 27.0 Å². The Balaban J connectivity index is 2.31. The average molecular weight is 363 g/mol. The molecule has 3 rings (SSSR count). The van der Waals surface area contributed by atoms with Crippen molar-refractivity contribution in [3.63, 3.8) is 0 Å². The monoisotopic (exact) mass is 362 g/mol. The molecule has 1 saturated carbocycles. The number of hydrogen-bond acceptors (Lipinski definition) is 3. The molecule has 0 saturated heterocycles. The van der Waals surface area contributed by atoms with Crippen LogP contribution in [0.15, 0.2) is 27.6 Å². The molecular weight excluding hydrogens is 353 g/mol. The Morgan fingerprint density at radius 1 is 1.33 bits per heavy atom. The quantitative estimate of drug-likeness (QED) is 0.848. The van der Waals surface area contributed by atoms with Crippen molar-refractivity contribution in [3.05, 3.63) is 38.7 Å². The fourth-order valence-corrected chi connectivity index (χ4v) is 2.89. The van der Waals surface area contributed by atoms with Gasteiger partial charge in [-0.15, -0.1) is 0 Å². The van der Waals surface area contributed by atoms with Crippen LogP contribution in [0.25, 0.3) is 11.0 Å². The lowest BCUT2D eigenvalue weighted by Crippen LogP contribution is -2.37. The van der Waals surface area contributed by atoms with E-state index in [0.717, 1.165) is 0 Å².